The minimum absolute atomic E-state index is 0.213. The Morgan fingerprint density at radius 3 is 2.12 bits per heavy atom. The normalized spacial score (nSPS) is 10.7. The van der Waals surface area contributed by atoms with Gasteiger partial charge in [-0.15, -0.1) is 0 Å². The molecule has 0 aromatic heterocycles. The van der Waals surface area contributed by atoms with Gasteiger partial charge in [0.25, 0.3) is 10.0 Å². The largest absolute Gasteiger partial charge is 0.275 e. The third-order valence-electron chi connectivity index (χ3n) is 3.71. The van der Waals surface area contributed by atoms with Crippen molar-refractivity contribution in [3.05, 3.63) is 93.6 Å². The predicted molar refractivity (Wildman–Crippen MR) is 113 cm³/mol. The highest BCUT2D eigenvalue weighted by molar-refractivity contribution is 14.1. The van der Waals surface area contributed by atoms with Gasteiger partial charge in [0.05, 0.1) is 10.6 Å². The number of sulfonamides is 1. The first-order valence-electron chi connectivity index (χ1n) is 7.92. The molecule has 130 valence electrons. The second kappa shape index (κ2) is 7.94. The molecular formula is C21H16INO2S. The van der Waals surface area contributed by atoms with Gasteiger partial charge in [0.15, 0.2) is 0 Å². The van der Waals surface area contributed by atoms with Gasteiger partial charge in [0.1, 0.15) is 0 Å². The summed E-state index contributed by atoms with van der Waals surface area (Å²) in [5.74, 6) is 2.95. The van der Waals surface area contributed by atoms with Crippen LogP contribution < -0.4 is 4.31 Å². The Morgan fingerprint density at radius 2 is 1.46 bits per heavy atom. The topological polar surface area (TPSA) is 37.4 Å². The molecule has 0 atom stereocenters. The van der Waals surface area contributed by atoms with Crippen LogP contribution in [0.1, 0.15) is 11.1 Å². The van der Waals surface area contributed by atoms with Crippen molar-refractivity contribution in [2.75, 3.05) is 4.31 Å². The first-order valence-corrected chi connectivity index (χ1v) is 10.4. The van der Waals surface area contributed by atoms with Crippen molar-refractivity contribution in [1.29, 1.82) is 0 Å². The SMILES string of the molecule is Cc1ccc(S(=O)(=O)N(C#Cc2ccccc2)c2ccccc2I)cc1. The minimum Gasteiger partial charge on any atom is -0.200 e. The summed E-state index contributed by atoms with van der Waals surface area (Å²) in [6.07, 6.45) is 0. The molecule has 0 saturated carbocycles. The summed E-state index contributed by atoms with van der Waals surface area (Å²) in [6.45, 7) is 1.92. The van der Waals surface area contributed by atoms with E-state index in [2.05, 4.69) is 34.6 Å². The monoisotopic (exact) mass is 473 g/mol. The highest BCUT2D eigenvalue weighted by Crippen LogP contribution is 2.27. The van der Waals surface area contributed by atoms with Gasteiger partial charge in [-0.2, -0.15) is 4.31 Å². The number of halogens is 1. The first-order chi connectivity index (χ1) is 12.5. The van der Waals surface area contributed by atoms with Crippen LogP contribution in [0.25, 0.3) is 0 Å². The molecular weight excluding hydrogens is 457 g/mol. The Morgan fingerprint density at radius 1 is 0.846 bits per heavy atom. The molecule has 0 aliphatic heterocycles. The highest BCUT2D eigenvalue weighted by atomic mass is 127. The number of aryl methyl sites for hydroxylation is 1. The molecule has 3 aromatic rings. The van der Waals surface area contributed by atoms with Gasteiger partial charge in [-0.25, -0.2) is 8.42 Å². The van der Waals surface area contributed by atoms with Crippen molar-refractivity contribution in [2.45, 2.75) is 11.8 Å². The molecule has 0 unspecified atom stereocenters. The zero-order valence-electron chi connectivity index (χ0n) is 14.1. The Balaban J connectivity index is 2.13. The van der Waals surface area contributed by atoms with Crippen molar-refractivity contribution in [1.82, 2.24) is 0 Å². The van der Waals surface area contributed by atoms with E-state index in [1.165, 1.54) is 0 Å². The second-order valence-corrected chi connectivity index (χ2v) is 8.59. The van der Waals surface area contributed by atoms with Crippen LogP contribution in [0.4, 0.5) is 5.69 Å². The summed E-state index contributed by atoms with van der Waals surface area (Å²) in [4.78, 5) is 0.213. The van der Waals surface area contributed by atoms with Gasteiger partial charge in [0, 0.05) is 15.2 Å². The van der Waals surface area contributed by atoms with Crippen LogP contribution in [0, 0.1) is 22.5 Å². The van der Waals surface area contributed by atoms with E-state index in [0.29, 0.717) is 5.69 Å². The van der Waals surface area contributed by atoms with E-state index in [1.54, 1.807) is 36.4 Å². The molecule has 0 bridgehead atoms. The maximum Gasteiger partial charge on any atom is 0.275 e. The van der Waals surface area contributed by atoms with Crippen molar-refractivity contribution in [3.8, 4) is 12.0 Å². The quantitative estimate of drug-likeness (QED) is 0.311. The van der Waals surface area contributed by atoms with Gasteiger partial charge < -0.3 is 0 Å². The van der Waals surface area contributed by atoms with E-state index in [1.807, 2.05) is 49.4 Å². The highest BCUT2D eigenvalue weighted by Gasteiger charge is 2.25. The number of benzene rings is 3. The van der Waals surface area contributed by atoms with Crippen LogP contribution >= 0.6 is 22.6 Å². The van der Waals surface area contributed by atoms with Crippen molar-refractivity contribution in [3.63, 3.8) is 0 Å². The van der Waals surface area contributed by atoms with E-state index in [-0.39, 0.29) is 4.90 Å². The van der Waals surface area contributed by atoms with Gasteiger partial charge in [-0.05, 0) is 71.8 Å². The zero-order chi connectivity index (χ0) is 18.6. The van der Waals surface area contributed by atoms with E-state index < -0.39 is 10.0 Å². The maximum atomic E-state index is 13.2. The molecule has 3 aromatic carbocycles. The third kappa shape index (κ3) is 4.09. The summed E-state index contributed by atoms with van der Waals surface area (Å²) < 4.78 is 28.4. The fourth-order valence-electron chi connectivity index (χ4n) is 2.32. The second-order valence-electron chi connectivity index (χ2n) is 5.64. The lowest BCUT2D eigenvalue weighted by molar-refractivity contribution is 0.596. The average Bonchev–Trinajstić information content (AvgIpc) is 2.64. The van der Waals surface area contributed by atoms with Gasteiger partial charge >= 0.3 is 0 Å². The zero-order valence-corrected chi connectivity index (χ0v) is 17.0. The van der Waals surface area contributed by atoms with Gasteiger partial charge in [-0.1, -0.05) is 48.0 Å². The lowest BCUT2D eigenvalue weighted by Crippen LogP contribution is -2.27. The third-order valence-corrected chi connectivity index (χ3v) is 6.25. The van der Waals surface area contributed by atoms with Gasteiger partial charge in [0.2, 0.25) is 0 Å². The predicted octanol–water partition coefficient (Wildman–Crippen LogP) is 4.80. The minimum atomic E-state index is -3.81. The number of hydrogen-bond donors (Lipinski definition) is 0. The molecule has 3 nitrogen and oxygen atoms in total. The van der Waals surface area contributed by atoms with Crippen LogP contribution in [0.5, 0.6) is 0 Å². The van der Waals surface area contributed by atoms with E-state index in [0.717, 1.165) is 19.0 Å². The van der Waals surface area contributed by atoms with Crippen LogP contribution in [-0.2, 0) is 10.0 Å². The summed E-state index contributed by atoms with van der Waals surface area (Å²) in [7, 11) is -3.81. The lowest BCUT2D eigenvalue weighted by atomic mass is 10.2. The smallest absolute Gasteiger partial charge is 0.200 e. The average molecular weight is 473 g/mol. The Labute approximate surface area is 167 Å². The summed E-state index contributed by atoms with van der Waals surface area (Å²) in [5.41, 5.74) is 2.29. The number of para-hydroxylation sites is 1. The van der Waals surface area contributed by atoms with E-state index >= 15 is 0 Å². The van der Waals surface area contributed by atoms with Crippen LogP contribution in [0.2, 0.25) is 0 Å². The van der Waals surface area contributed by atoms with Crippen LogP contribution in [-0.4, -0.2) is 8.42 Å². The van der Waals surface area contributed by atoms with Crippen molar-refractivity contribution < 1.29 is 8.42 Å². The molecule has 0 fully saturated rings. The molecule has 0 aliphatic carbocycles. The molecule has 5 heteroatoms. The Bertz CT molecular complexity index is 1070. The molecule has 0 saturated heterocycles. The van der Waals surface area contributed by atoms with E-state index in [9.17, 15) is 8.42 Å². The van der Waals surface area contributed by atoms with E-state index in [4.69, 9.17) is 0 Å². The van der Waals surface area contributed by atoms with Crippen molar-refractivity contribution >= 4 is 38.3 Å². The standard InChI is InChI=1S/C21H16INO2S/c1-17-11-13-19(14-12-17)26(24,25)23(21-10-6-5-9-20(21)22)16-15-18-7-3-2-4-8-18/h2-14H,1H3. The maximum absolute atomic E-state index is 13.2. The summed E-state index contributed by atoms with van der Waals surface area (Å²) in [5, 5.41) is 0. The van der Waals surface area contributed by atoms with Crippen molar-refractivity contribution in [2.24, 2.45) is 0 Å². The molecule has 0 spiro atoms. The first kappa shape index (κ1) is 18.5. The van der Waals surface area contributed by atoms with Gasteiger partial charge in [-0.3, -0.25) is 0 Å². The molecule has 3 rings (SSSR count). The summed E-state index contributed by atoms with van der Waals surface area (Å²) >= 11 is 2.12. The fraction of sp³-hybridized carbons (Fsp3) is 0.0476. The number of nitrogens with zero attached hydrogens (tertiary/aromatic N) is 1. The number of anilines is 1. The summed E-state index contributed by atoms with van der Waals surface area (Å²) in [6, 6.07) is 26.2. The van der Waals surface area contributed by atoms with Crippen LogP contribution in [0.15, 0.2) is 83.8 Å². The molecule has 0 amide bonds. The molecule has 0 aliphatic rings. The van der Waals surface area contributed by atoms with Crippen LogP contribution in [0.3, 0.4) is 0 Å². The molecule has 0 heterocycles. The number of rotatable bonds is 3. The Hall–Kier alpha value is -2.30. The fourth-order valence-corrected chi connectivity index (χ4v) is 4.39. The number of hydrogen-bond acceptors (Lipinski definition) is 2. The Kier molecular flexibility index (Phi) is 5.64. The molecule has 0 N–H and O–H groups in total. The molecule has 0 radical (unpaired) electrons. The lowest BCUT2D eigenvalue weighted by Gasteiger charge is -2.19. The molecule has 26 heavy (non-hydrogen) atoms.